The Bertz CT molecular complexity index is 723. The molecule has 0 radical (unpaired) electrons. The van der Waals surface area contributed by atoms with E-state index in [1.165, 1.54) is 0 Å². The van der Waals surface area contributed by atoms with Crippen molar-refractivity contribution >= 4 is 11.6 Å². The molecule has 0 unspecified atom stereocenters. The number of amides is 1. The molecule has 1 N–H and O–H groups in total. The van der Waals surface area contributed by atoms with E-state index in [2.05, 4.69) is 17.4 Å². The maximum Gasteiger partial charge on any atom is 0.278 e. The molecular weight excluding hydrogens is 296 g/mol. The van der Waals surface area contributed by atoms with Gasteiger partial charge in [0.15, 0.2) is 5.69 Å². The number of ether oxygens (including phenoxy) is 2. The van der Waals surface area contributed by atoms with E-state index in [0.717, 1.165) is 30.6 Å². The van der Waals surface area contributed by atoms with Gasteiger partial charge in [-0.05, 0) is 30.9 Å². The smallest absolute Gasteiger partial charge is 0.278 e. The Balaban J connectivity index is 1.84. The van der Waals surface area contributed by atoms with Gasteiger partial charge >= 0.3 is 0 Å². The zero-order valence-electron chi connectivity index (χ0n) is 13.5. The number of methoxy groups -OCH3 is 2. The van der Waals surface area contributed by atoms with Crippen LogP contribution in [0.4, 0.5) is 5.69 Å². The second-order valence-corrected chi connectivity index (χ2v) is 5.80. The van der Waals surface area contributed by atoms with Gasteiger partial charge in [-0.25, -0.2) is 0 Å². The van der Waals surface area contributed by atoms with Crippen LogP contribution in [0.5, 0.6) is 11.5 Å². The van der Waals surface area contributed by atoms with Gasteiger partial charge < -0.3 is 19.3 Å². The number of fused-ring (bicyclic) bond motifs is 1. The summed E-state index contributed by atoms with van der Waals surface area (Å²) in [5.41, 5.74) is 1.86. The van der Waals surface area contributed by atoms with Gasteiger partial charge in [0.1, 0.15) is 17.3 Å². The first kappa shape index (κ1) is 15.4. The van der Waals surface area contributed by atoms with E-state index in [0.29, 0.717) is 28.8 Å². The zero-order valence-corrected chi connectivity index (χ0v) is 13.5. The molecule has 0 bridgehead atoms. The van der Waals surface area contributed by atoms with Crippen LogP contribution in [-0.4, -0.2) is 25.3 Å². The quantitative estimate of drug-likeness (QED) is 0.938. The van der Waals surface area contributed by atoms with Crippen molar-refractivity contribution in [3.63, 3.8) is 0 Å². The molecule has 6 nitrogen and oxygen atoms in total. The minimum atomic E-state index is -0.285. The molecule has 1 aromatic heterocycles. The molecule has 1 atom stereocenters. The highest BCUT2D eigenvalue weighted by atomic mass is 16.5. The fraction of sp³-hybridized carbons (Fsp3) is 0.412. The Morgan fingerprint density at radius 2 is 2.17 bits per heavy atom. The Kier molecular flexibility index (Phi) is 4.23. The number of benzene rings is 1. The van der Waals surface area contributed by atoms with Gasteiger partial charge in [0.2, 0.25) is 0 Å². The number of nitrogens with one attached hydrogen (secondary N) is 1. The van der Waals surface area contributed by atoms with Gasteiger partial charge in [0, 0.05) is 18.1 Å². The summed E-state index contributed by atoms with van der Waals surface area (Å²) >= 11 is 0. The molecule has 1 aliphatic rings. The summed E-state index contributed by atoms with van der Waals surface area (Å²) in [6.07, 6.45) is 2.72. The van der Waals surface area contributed by atoms with E-state index in [9.17, 15) is 4.79 Å². The van der Waals surface area contributed by atoms with Crippen LogP contribution in [0.3, 0.4) is 0 Å². The molecule has 1 aliphatic carbocycles. The highest BCUT2D eigenvalue weighted by Gasteiger charge is 2.27. The van der Waals surface area contributed by atoms with Gasteiger partial charge in [-0.1, -0.05) is 12.1 Å². The number of nitrogens with zero attached hydrogens (tertiary/aromatic N) is 1. The van der Waals surface area contributed by atoms with Crippen molar-refractivity contribution < 1.29 is 18.8 Å². The largest absolute Gasteiger partial charge is 0.497 e. The maximum absolute atomic E-state index is 12.6. The summed E-state index contributed by atoms with van der Waals surface area (Å²) < 4.78 is 15.8. The monoisotopic (exact) mass is 316 g/mol. The van der Waals surface area contributed by atoms with Gasteiger partial charge in [0.05, 0.1) is 19.9 Å². The molecule has 1 aromatic carbocycles. The lowest BCUT2D eigenvalue weighted by Crippen LogP contribution is -2.18. The summed E-state index contributed by atoms with van der Waals surface area (Å²) in [6, 6.07) is 5.22. The topological polar surface area (TPSA) is 73.6 Å². The van der Waals surface area contributed by atoms with Crippen molar-refractivity contribution in [3.8, 4) is 11.5 Å². The first-order chi connectivity index (χ1) is 11.1. The predicted octanol–water partition coefficient (Wildman–Crippen LogP) is 3.07. The average Bonchev–Trinajstić information content (AvgIpc) is 2.98. The summed E-state index contributed by atoms with van der Waals surface area (Å²) in [6.45, 7) is 2.17. The van der Waals surface area contributed by atoms with Crippen molar-refractivity contribution in [2.45, 2.75) is 26.2 Å². The van der Waals surface area contributed by atoms with Gasteiger partial charge in [0.25, 0.3) is 5.91 Å². The molecule has 2 aromatic rings. The third kappa shape index (κ3) is 3.02. The van der Waals surface area contributed by atoms with Crippen LogP contribution in [0.15, 0.2) is 22.7 Å². The number of anilines is 1. The van der Waals surface area contributed by atoms with Crippen LogP contribution in [0.2, 0.25) is 0 Å². The van der Waals surface area contributed by atoms with Gasteiger partial charge in [-0.2, -0.15) is 0 Å². The van der Waals surface area contributed by atoms with E-state index in [-0.39, 0.29) is 5.91 Å². The van der Waals surface area contributed by atoms with E-state index in [1.54, 1.807) is 32.4 Å². The number of hydrogen-bond donors (Lipinski definition) is 1. The van der Waals surface area contributed by atoms with Crippen molar-refractivity contribution in [2.75, 3.05) is 19.5 Å². The maximum atomic E-state index is 12.6. The van der Waals surface area contributed by atoms with Crippen molar-refractivity contribution in [2.24, 2.45) is 5.92 Å². The fourth-order valence-electron chi connectivity index (χ4n) is 2.84. The second kappa shape index (κ2) is 6.32. The minimum Gasteiger partial charge on any atom is -0.497 e. The number of hydrogen-bond acceptors (Lipinski definition) is 5. The molecular formula is C17H20N2O4. The van der Waals surface area contributed by atoms with E-state index >= 15 is 0 Å². The normalized spacial score (nSPS) is 16.6. The number of aryl methyl sites for hydroxylation is 1. The Morgan fingerprint density at radius 1 is 1.35 bits per heavy atom. The number of rotatable bonds is 4. The van der Waals surface area contributed by atoms with E-state index < -0.39 is 0 Å². The molecule has 0 saturated carbocycles. The Hall–Kier alpha value is -2.50. The van der Waals surface area contributed by atoms with Crippen LogP contribution in [0.1, 0.15) is 35.2 Å². The molecule has 23 heavy (non-hydrogen) atoms. The lowest BCUT2D eigenvalue weighted by Gasteiger charge is -2.16. The zero-order chi connectivity index (χ0) is 16.4. The SMILES string of the molecule is COc1ccc(NC(=O)c2noc3c2C[C@H](C)CC3)c(OC)c1. The Labute approximate surface area is 134 Å². The fourth-order valence-corrected chi connectivity index (χ4v) is 2.84. The number of carbonyl (C=O) groups is 1. The summed E-state index contributed by atoms with van der Waals surface area (Å²) in [7, 11) is 3.12. The molecule has 0 saturated heterocycles. The summed E-state index contributed by atoms with van der Waals surface area (Å²) in [4.78, 5) is 12.6. The molecule has 6 heteroatoms. The van der Waals surface area contributed by atoms with Crippen LogP contribution < -0.4 is 14.8 Å². The summed E-state index contributed by atoms with van der Waals surface area (Å²) in [5.74, 6) is 2.27. The molecule has 3 rings (SSSR count). The average molecular weight is 316 g/mol. The molecule has 0 fully saturated rings. The third-order valence-electron chi connectivity index (χ3n) is 4.16. The van der Waals surface area contributed by atoms with Gasteiger partial charge in [-0.3, -0.25) is 4.79 Å². The van der Waals surface area contributed by atoms with Crippen LogP contribution in [0.25, 0.3) is 0 Å². The van der Waals surface area contributed by atoms with Crippen molar-refractivity contribution in [1.82, 2.24) is 5.16 Å². The number of aromatic nitrogens is 1. The van der Waals surface area contributed by atoms with E-state index in [1.807, 2.05) is 0 Å². The lowest BCUT2D eigenvalue weighted by molar-refractivity contribution is 0.101. The lowest BCUT2D eigenvalue weighted by atomic mass is 9.88. The molecule has 1 heterocycles. The highest BCUT2D eigenvalue weighted by Crippen LogP contribution is 2.31. The second-order valence-electron chi connectivity index (χ2n) is 5.80. The van der Waals surface area contributed by atoms with E-state index in [4.69, 9.17) is 14.0 Å². The van der Waals surface area contributed by atoms with Crippen LogP contribution >= 0.6 is 0 Å². The minimum absolute atomic E-state index is 0.285. The van der Waals surface area contributed by atoms with Crippen molar-refractivity contribution in [1.29, 1.82) is 0 Å². The standard InChI is InChI=1S/C17H20N2O4/c1-10-4-7-14-12(8-10)16(19-23-14)17(20)18-13-6-5-11(21-2)9-15(13)22-3/h5-6,9-10H,4,7-8H2,1-3H3,(H,18,20)/t10-/m1/s1. The highest BCUT2D eigenvalue weighted by molar-refractivity contribution is 6.04. The summed E-state index contributed by atoms with van der Waals surface area (Å²) in [5, 5.41) is 6.80. The van der Waals surface area contributed by atoms with Crippen LogP contribution in [-0.2, 0) is 12.8 Å². The van der Waals surface area contributed by atoms with Crippen molar-refractivity contribution in [3.05, 3.63) is 35.2 Å². The Morgan fingerprint density at radius 3 is 2.91 bits per heavy atom. The first-order valence-corrected chi connectivity index (χ1v) is 7.63. The number of carbonyl (C=O) groups excluding carboxylic acids is 1. The van der Waals surface area contributed by atoms with Crippen LogP contribution in [0, 0.1) is 5.92 Å². The first-order valence-electron chi connectivity index (χ1n) is 7.63. The predicted molar refractivity (Wildman–Crippen MR) is 85.2 cm³/mol. The molecule has 1 amide bonds. The van der Waals surface area contributed by atoms with Gasteiger partial charge in [-0.15, -0.1) is 0 Å². The third-order valence-corrected chi connectivity index (χ3v) is 4.16. The molecule has 122 valence electrons. The molecule has 0 aliphatic heterocycles. The molecule has 0 spiro atoms.